The van der Waals surface area contributed by atoms with Gasteiger partial charge in [-0.05, 0) is 19.0 Å². The number of hydrogen-bond acceptors (Lipinski definition) is 4. The smallest absolute Gasteiger partial charge is 0.213 e. The van der Waals surface area contributed by atoms with Crippen LogP contribution in [0.2, 0.25) is 0 Å². The Morgan fingerprint density at radius 2 is 2.36 bits per heavy atom. The number of nitrogens with zero attached hydrogens (tertiary/aromatic N) is 1. The maximum absolute atomic E-state index is 13.2. The third kappa shape index (κ3) is 2.40. The molecule has 4 nitrogen and oxygen atoms in total. The Morgan fingerprint density at radius 1 is 1.64 bits per heavy atom. The van der Waals surface area contributed by atoms with Crippen LogP contribution in [0.25, 0.3) is 0 Å². The molecule has 1 rings (SSSR count). The quantitative estimate of drug-likeness (QED) is 0.747. The van der Waals surface area contributed by atoms with Gasteiger partial charge >= 0.3 is 0 Å². The summed E-state index contributed by atoms with van der Waals surface area (Å²) in [5, 5.41) is 9.48. The highest BCUT2D eigenvalue weighted by atomic mass is 19.1. The predicted octanol–water partition coefficient (Wildman–Crippen LogP) is 0.612. The second-order valence-corrected chi connectivity index (χ2v) is 2.81. The van der Waals surface area contributed by atoms with Gasteiger partial charge in [-0.15, -0.1) is 0 Å². The molecule has 0 saturated heterocycles. The van der Waals surface area contributed by atoms with Crippen LogP contribution < -0.4 is 10.5 Å². The van der Waals surface area contributed by atoms with Crippen LogP contribution in [-0.2, 0) is 0 Å². The van der Waals surface area contributed by atoms with Gasteiger partial charge in [0.05, 0.1) is 7.11 Å². The number of rotatable bonds is 4. The SMILES string of the molecule is COc1ccc(F)c(C(O)CCN)n1. The molecule has 3 N–H and O–H groups in total. The molecule has 1 aromatic heterocycles. The third-order valence-corrected chi connectivity index (χ3v) is 1.81. The van der Waals surface area contributed by atoms with Gasteiger partial charge in [0.1, 0.15) is 17.6 Å². The average Bonchev–Trinajstić information content (AvgIpc) is 2.19. The van der Waals surface area contributed by atoms with E-state index in [1.54, 1.807) is 0 Å². The van der Waals surface area contributed by atoms with Gasteiger partial charge < -0.3 is 15.6 Å². The van der Waals surface area contributed by atoms with Crippen LogP contribution in [0.3, 0.4) is 0 Å². The van der Waals surface area contributed by atoms with Crippen molar-refractivity contribution in [1.29, 1.82) is 0 Å². The zero-order valence-corrected chi connectivity index (χ0v) is 7.90. The van der Waals surface area contributed by atoms with Gasteiger partial charge in [-0.25, -0.2) is 9.37 Å². The number of aliphatic hydroxyl groups excluding tert-OH is 1. The third-order valence-electron chi connectivity index (χ3n) is 1.81. The van der Waals surface area contributed by atoms with Crippen molar-refractivity contribution in [1.82, 2.24) is 4.98 Å². The summed E-state index contributed by atoms with van der Waals surface area (Å²) in [4.78, 5) is 3.81. The van der Waals surface area contributed by atoms with Gasteiger partial charge in [0.25, 0.3) is 0 Å². The fraction of sp³-hybridized carbons (Fsp3) is 0.444. The monoisotopic (exact) mass is 200 g/mol. The highest BCUT2D eigenvalue weighted by Crippen LogP contribution is 2.20. The minimum Gasteiger partial charge on any atom is -0.481 e. The highest BCUT2D eigenvalue weighted by Gasteiger charge is 2.14. The van der Waals surface area contributed by atoms with E-state index in [9.17, 15) is 9.50 Å². The van der Waals surface area contributed by atoms with Crippen LogP contribution in [0.4, 0.5) is 4.39 Å². The van der Waals surface area contributed by atoms with Gasteiger partial charge in [0, 0.05) is 6.07 Å². The number of nitrogens with two attached hydrogens (primary N) is 1. The molecular weight excluding hydrogens is 187 g/mol. The molecule has 14 heavy (non-hydrogen) atoms. The summed E-state index contributed by atoms with van der Waals surface area (Å²) in [6, 6.07) is 2.61. The Balaban J connectivity index is 2.93. The maximum Gasteiger partial charge on any atom is 0.213 e. The summed E-state index contributed by atoms with van der Waals surface area (Å²) in [6.07, 6.45) is -0.702. The molecule has 1 heterocycles. The Kier molecular flexibility index (Phi) is 3.79. The first-order valence-electron chi connectivity index (χ1n) is 4.27. The number of ether oxygens (including phenoxy) is 1. The van der Waals surface area contributed by atoms with Crippen molar-refractivity contribution in [3.63, 3.8) is 0 Å². The molecule has 1 atom stereocenters. The van der Waals surface area contributed by atoms with Crippen LogP contribution >= 0.6 is 0 Å². The molecule has 0 aliphatic rings. The van der Waals surface area contributed by atoms with Crippen molar-refractivity contribution in [3.05, 3.63) is 23.6 Å². The number of pyridine rings is 1. The number of halogens is 1. The molecular formula is C9H13FN2O2. The summed E-state index contributed by atoms with van der Waals surface area (Å²) in [7, 11) is 1.43. The molecule has 5 heteroatoms. The standard InChI is InChI=1S/C9H13FN2O2/c1-14-8-3-2-6(10)9(12-8)7(13)4-5-11/h2-3,7,13H,4-5,11H2,1H3. The fourth-order valence-corrected chi connectivity index (χ4v) is 1.08. The molecule has 0 fully saturated rings. The van der Waals surface area contributed by atoms with Crippen LogP contribution in [0.1, 0.15) is 18.2 Å². The Morgan fingerprint density at radius 3 is 2.93 bits per heavy atom. The van der Waals surface area contributed by atoms with E-state index >= 15 is 0 Å². The lowest BCUT2D eigenvalue weighted by Crippen LogP contribution is -2.10. The normalized spacial score (nSPS) is 12.6. The van der Waals surface area contributed by atoms with E-state index < -0.39 is 11.9 Å². The molecule has 0 aliphatic carbocycles. The lowest BCUT2D eigenvalue weighted by Gasteiger charge is -2.10. The van der Waals surface area contributed by atoms with E-state index in [2.05, 4.69) is 4.98 Å². The van der Waals surface area contributed by atoms with Crippen LogP contribution in [0.15, 0.2) is 12.1 Å². The van der Waals surface area contributed by atoms with E-state index in [0.717, 1.165) is 0 Å². The number of aliphatic hydroxyl groups is 1. The Bertz CT molecular complexity index is 307. The largest absolute Gasteiger partial charge is 0.481 e. The van der Waals surface area contributed by atoms with E-state index in [0.29, 0.717) is 0 Å². The zero-order valence-electron chi connectivity index (χ0n) is 7.90. The molecule has 0 bridgehead atoms. The van der Waals surface area contributed by atoms with Gasteiger partial charge in [0.2, 0.25) is 5.88 Å². The number of hydrogen-bond donors (Lipinski definition) is 2. The first kappa shape index (κ1) is 10.9. The van der Waals surface area contributed by atoms with Gasteiger partial charge in [-0.1, -0.05) is 0 Å². The van der Waals surface area contributed by atoms with E-state index in [1.165, 1.54) is 19.2 Å². The number of methoxy groups -OCH3 is 1. The van der Waals surface area contributed by atoms with E-state index in [4.69, 9.17) is 10.5 Å². The molecule has 0 saturated carbocycles. The second kappa shape index (κ2) is 4.88. The minimum absolute atomic E-state index is 0.0187. The average molecular weight is 200 g/mol. The first-order chi connectivity index (χ1) is 6.69. The van der Waals surface area contributed by atoms with Crippen molar-refractivity contribution in [3.8, 4) is 5.88 Å². The lowest BCUT2D eigenvalue weighted by molar-refractivity contribution is 0.159. The summed E-state index contributed by atoms with van der Waals surface area (Å²) >= 11 is 0. The molecule has 0 spiro atoms. The molecule has 1 aromatic rings. The van der Waals surface area contributed by atoms with Crippen molar-refractivity contribution < 1.29 is 14.2 Å². The van der Waals surface area contributed by atoms with Gasteiger partial charge in [-0.2, -0.15) is 0 Å². The first-order valence-corrected chi connectivity index (χ1v) is 4.27. The zero-order chi connectivity index (χ0) is 10.6. The lowest BCUT2D eigenvalue weighted by atomic mass is 10.1. The van der Waals surface area contributed by atoms with E-state index in [-0.39, 0.29) is 24.5 Å². The maximum atomic E-state index is 13.2. The molecule has 1 unspecified atom stereocenters. The van der Waals surface area contributed by atoms with Crippen molar-refractivity contribution in [2.45, 2.75) is 12.5 Å². The van der Waals surface area contributed by atoms with Crippen LogP contribution in [0.5, 0.6) is 5.88 Å². The van der Waals surface area contributed by atoms with Crippen LogP contribution in [-0.4, -0.2) is 23.7 Å². The molecule has 0 amide bonds. The Labute approximate surface area is 81.5 Å². The molecule has 0 aromatic carbocycles. The van der Waals surface area contributed by atoms with Crippen molar-refractivity contribution in [2.75, 3.05) is 13.7 Å². The topological polar surface area (TPSA) is 68.4 Å². The number of aromatic nitrogens is 1. The molecule has 0 radical (unpaired) electrons. The van der Waals surface area contributed by atoms with E-state index in [1.807, 2.05) is 0 Å². The molecule has 0 aliphatic heterocycles. The summed E-state index contributed by atoms with van der Waals surface area (Å²) in [5.41, 5.74) is 5.23. The highest BCUT2D eigenvalue weighted by molar-refractivity contribution is 5.19. The summed E-state index contributed by atoms with van der Waals surface area (Å²) < 4.78 is 18.0. The predicted molar refractivity (Wildman–Crippen MR) is 49.4 cm³/mol. The second-order valence-electron chi connectivity index (χ2n) is 2.81. The fourth-order valence-electron chi connectivity index (χ4n) is 1.08. The Hall–Kier alpha value is -1.20. The van der Waals surface area contributed by atoms with Crippen LogP contribution in [0, 0.1) is 5.82 Å². The summed E-state index contributed by atoms with van der Waals surface area (Å²) in [6.45, 7) is 0.277. The van der Waals surface area contributed by atoms with Crippen molar-refractivity contribution in [2.24, 2.45) is 5.73 Å². The minimum atomic E-state index is -0.977. The van der Waals surface area contributed by atoms with Crippen molar-refractivity contribution >= 4 is 0 Å². The molecule has 78 valence electrons. The van der Waals surface area contributed by atoms with Gasteiger partial charge in [0.15, 0.2) is 0 Å². The summed E-state index contributed by atoms with van der Waals surface area (Å²) in [5.74, 6) is -0.274. The van der Waals surface area contributed by atoms with Gasteiger partial charge in [-0.3, -0.25) is 0 Å².